The van der Waals surface area contributed by atoms with Gasteiger partial charge >= 0.3 is 0 Å². The van der Waals surface area contributed by atoms with Gasteiger partial charge in [0.2, 0.25) is 0 Å². The fourth-order valence-electron chi connectivity index (χ4n) is 3.49. The number of nitrogens with zero attached hydrogens (tertiary/aromatic N) is 2. The van der Waals surface area contributed by atoms with Crippen molar-refractivity contribution in [3.63, 3.8) is 0 Å². The van der Waals surface area contributed by atoms with Crippen molar-refractivity contribution >= 4 is 21.4 Å². The van der Waals surface area contributed by atoms with Gasteiger partial charge in [-0.25, -0.2) is 17.8 Å². The number of carbonyl (C=O) groups excluding carboxylic acids is 1. The smallest absolute Gasteiger partial charge is 0.257 e. The van der Waals surface area contributed by atoms with Crippen molar-refractivity contribution in [1.29, 1.82) is 0 Å². The number of nitrogens with one attached hydrogen (secondary N) is 1. The Morgan fingerprint density at radius 1 is 1.09 bits per heavy atom. The van der Waals surface area contributed by atoms with Gasteiger partial charge in [-0.3, -0.25) is 4.79 Å². The lowest BCUT2D eigenvalue weighted by Gasteiger charge is -2.19. The number of aromatic nitrogens is 2. The van der Waals surface area contributed by atoms with Crippen molar-refractivity contribution in [3.8, 4) is 5.75 Å². The summed E-state index contributed by atoms with van der Waals surface area (Å²) in [4.78, 5) is 16.8. The second-order valence-electron chi connectivity index (χ2n) is 7.48. The van der Waals surface area contributed by atoms with Crippen LogP contribution in [0.4, 0.5) is 4.39 Å². The van der Waals surface area contributed by atoms with Crippen LogP contribution >= 0.6 is 0 Å². The van der Waals surface area contributed by atoms with Gasteiger partial charge in [-0.1, -0.05) is 30.3 Å². The van der Waals surface area contributed by atoms with Gasteiger partial charge in [0.15, 0.2) is 27.8 Å². The van der Waals surface area contributed by atoms with Gasteiger partial charge in [0, 0.05) is 18.9 Å². The molecule has 0 bridgehead atoms. The van der Waals surface area contributed by atoms with Gasteiger partial charge in [0.25, 0.3) is 5.91 Å². The average Bonchev–Trinajstić information content (AvgIpc) is 3.19. The lowest BCUT2D eigenvalue weighted by molar-refractivity contribution is -0.123. The number of pyridine rings is 1. The summed E-state index contributed by atoms with van der Waals surface area (Å²) in [6.45, 7) is 1.39. The maximum absolute atomic E-state index is 13.3. The highest BCUT2D eigenvalue weighted by Gasteiger charge is 2.29. The van der Waals surface area contributed by atoms with Crippen LogP contribution in [0.1, 0.15) is 16.5 Å². The van der Waals surface area contributed by atoms with E-state index in [0.717, 1.165) is 17.8 Å². The third kappa shape index (κ3) is 5.04. The van der Waals surface area contributed by atoms with Crippen molar-refractivity contribution < 1.29 is 22.3 Å². The molecule has 0 aliphatic carbocycles. The van der Waals surface area contributed by atoms with Crippen LogP contribution < -0.4 is 10.1 Å². The molecule has 1 atom stereocenters. The number of benzene rings is 2. The summed E-state index contributed by atoms with van der Waals surface area (Å²) in [6, 6.07) is 16.7. The Balaban J connectivity index is 1.48. The molecule has 1 N–H and O–H groups in total. The predicted molar refractivity (Wildman–Crippen MR) is 121 cm³/mol. The molecule has 0 aliphatic heterocycles. The molecular weight excluding hydrogens is 445 g/mol. The highest BCUT2D eigenvalue weighted by molar-refractivity contribution is 7.91. The number of carbonyl (C=O) groups is 1. The molecule has 1 unspecified atom stereocenters. The minimum absolute atomic E-state index is 0.0235. The highest BCUT2D eigenvalue weighted by atomic mass is 32.2. The summed E-state index contributed by atoms with van der Waals surface area (Å²) in [7, 11) is -3.90. The number of amides is 1. The molecule has 7 nitrogen and oxygen atoms in total. The van der Waals surface area contributed by atoms with Crippen molar-refractivity contribution in [2.75, 3.05) is 13.2 Å². The van der Waals surface area contributed by atoms with Crippen LogP contribution in [-0.4, -0.2) is 36.9 Å². The van der Waals surface area contributed by atoms with Crippen molar-refractivity contribution in [2.45, 2.75) is 17.1 Å². The van der Waals surface area contributed by atoms with Crippen LogP contribution in [-0.2, 0) is 14.6 Å². The van der Waals surface area contributed by atoms with E-state index in [2.05, 4.69) is 10.3 Å². The first-order valence-electron chi connectivity index (χ1n) is 10.2. The molecule has 0 saturated carbocycles. The number of imidazole rings is 1. The molecule has 2 heterocycles. The SMILES string of the molecule is Cc1cn2cccc(OCC(=O)NCC(c3ccccc3)S(=O)(=O)c3ccc(F)cc3)c2n1. The average molecular weight is 468 g/mol. The standard InChI is InChI=1S/C24H22FN3O4S/c1-17-15-28-13-5-8-21(24(28)27-17)32-16-23(29)26-14-22(18-6-3-2-4-7-18)33(30,31)20-11-9-19(25)10-12-20/h2-13,15,22H,14,16H2,1H3,(H,26,29). The molecule has 0 saturated heterocycles. The first-order chi connectivity index (χ1) is 15.8. The maximum atomic E-state index is 13.3. The second-order valence-corrected chi connectivity index (χ2v) is 9.61. The summed E-state index contributed by atoms with van der Waals surface area (Å²) >= 11 is 0. The Morgan fingerprint density at radius 3 is 2.55 bits per heavy atom. The molecule has 2 aromatic carbocycles. The van der Waals surface area contributed by atoms with E-state index < -0.39 is 26.8 Å². The molecule has 0 spiro atoms. The number of halogens is 1. The summed E-state index contributed by atoms with van der Waals surface area (Å²) < 4.78 is 47.3. The molecule has 2 aromatic heterocycles. The lowest BCUT2D eigenvalue weighted by Crippen LogP contribution is -2.35. The number of ether oxygens (including phenoxy) is 1. The number of hydrogen-bond donors (Lipinski definition) is 1. The molecular formula is C24H22FN3O4S. The lowest BCUT2D eigenvalue weighted by atomic mass is 10.1. The Labute approximate surface area is 190 Å². The first kappa shape index (κ1) is 22.5. The van der Waals surface area contributed by atoms with Crippen LogP contribution in [0.25, 0.3) is 5.65 Å². The largest absolute Gasteiger partial charge is 0.480 e. The van der Waals surface area contributed by atoms with Crippen molar-refractivity contribution in [2.24, 2.45) is 0 Å². The van der Waals surface area contributed by atoms with Crippen molar-refractivity contribution in [3.05, 3.63) is 96.2 Å². The van der Waals surface area contributed by atoms with Crippen LogP contribution in [0.5, 0.6) is 5.75 Å². The van der Waals surface area contributed by atoms with E-state index in [1.807, 2.05) is 19.3 Å². The second kappa shape index (κ2) is 9.41. The topological polar surface area (TPSA) is 89.8 Å². The maximum Gasteiger partial charge on any atom is 0.257 e. The highest BCUT2D eigenvalue weighted by Crippen LogP contribution is 2.28. The Kier molecular flexibility index (Phi) is 6.41. The zero-order chi connectivity index (χ0) is 23.4. The molecule has 33 heavy (non-hydrogen) atoms. The van der Waals surface area contributed by atoms with Gasteiger partial charge in [-0.2, -0.15) is 0 Å². The predicted octanol–water partition coefficient (Wildman–Crippen LogP) is 3.49. The van der Waals surface area contributed by atoms with Gasteiger partial charge < -0.3 is 14.5 Å². The number of aryl methyl sites for hydroxylation is 1. The van der Waals surface area contributed by atoms with Crippen LogP contribution in [0.15, 0.2) is 84.0 Å². The quantitative estimate of drug-likeness (QED) is 0.401. The summed E-state index contributed by atoms with van der Waals surface area (Å²) in [5, 5.41) is 1.60. The zero-order valence-corrected chi connectivity index (χ0v) is 18.6. The van der Waals surface area contributed by atoms with Gasteiger partial charge in [-0.15, -0.1) is 0 Å². The fraction of sp³-hybridized carbons (Fsp3) is 0.167. The van der Waals surface area contributed by atoms with E-state index in [-0.39, 0.29) is 18.0 Å². The number of hydrogen-bond acceptors (Lipinski definition) is 5. The Bertz CT molecular complexity index is 1370. The third-order valence-electron chi connectivity index (χ3n) is 5.10. The Hall–Kier alpha value is -3.72. The molecule has 9 heteroatoms. The molecule has 4 aromatic rings. The van der Waals surface area contributed by atoms with Gasteiger partial charge in [0.05, 0.1) is 10.6 Å². The van der Waals surface area contributed by atoms with E-state index in [1.165, 1.54) is 12.1 Å². The fourth-order valence-corrected chi connectivity index (χ4v) is 5.15. The van der Waals surface area contributed by atoms with E-state index in [0.29, 0.717) is 17.0 Å². The monoisotopic (exact) mass is 467 g/mol. The third-order valence-corrected chi connectivity index (χ3v) is 7.22. The minimum atomic E-state index is -3.90. The van der Waals surface area contributed by atoms with E-state index in [4.69, 9.17) is 4.74 Å². The van der Waals surface area contributed by atoms with E-state index >= 15 is 0 Å². The number of fused-ring (bicyclic) bond motifs is 1. The number of rotatable bonds is 8. The summed E-state index contributed by atoms with van der Waals surface area (Å²) in [6.07, 6.45) is 3.67. The molecule has 0 fully saturated rings. The van der Waals surface area contributed by atoms with E-state index in [1.54, 1.807) is 46.9 Å². The van der Waals surface area contributed by atoms with Gasteiger partial charge in [-0.05, 0) is 48.9 Å². The number of sulfone groups is 1. The van der Waals surface area contributed by atoms with Crippen LogP contribution in [0, 0.1) is 12.7 Å². The van der Waals surface area contributed by atoms with E-state index in [9.17, 15) is 17.6 Å². The summed E-state index contributed by atoms with van der Waals surface area (Å²) in [5.74, 6) is -0.562. The molecule has 170 valence electrons. The molecule has 0 radical (unpaired) electrons. The van der Waals surface area contributed by atoms with Crippen LogP contribution in [0.3, 0.4) is 0 Å². The zero-order valence-electron chi connectivity index (χ0n) is 17.8. The van der Waals surface area contributed by atoms with Crippen molar-refractivity contribution in [1.82, 2.24) is 14.7 Å². The minimum Gasteiger partial charge on any atom is -0.480 e. The Morgan fingerprint density at radius 2 is 1.82 bits per heavy atom. The molecule has 0 aliphatic rings. The molecule has 4 rings (SSSR count). The molecule has 1 amide bonds. The first-order valence-corrected chi connectivity index (χ1v) is 11.8. The van der Waals surface area contributed by atoms with Crippen LogP contribution in [0.2, 0.25) is 0 Å². The van der Waals surface area contributed by atoms with Gasteiger partial charge in [0.1, 0.15) is 11.1 Å². The summed E-state index contributed by atoms with van der Waals surface area (Å²) in [5.41, 5.74) is 1.91. The normalized spacial score (nSPS) is 12.4.